The summed E-state index contributed by atoms with van der Waals surface area (Å²) in [5.41, 5.74) is 2.60. The molecule has 166 valence electrons. The first-order valence-corrected chi connectivity index (χ1v) is 11.2. The van der Waals surface area contributed by atoms with Crippen molar-refractivity contribution < 1.29 is 4.79 Å². The maximum absolute atomic E-state index is 13.1. The molecular formula is C25H19Cl3N4O. The van der Waals surface area contributed by atoms with Crippen LogP contribution in [0, 0.1) is 0 Å². The molecule has 0 unspecified atom stereocenters. The van der Waals surface area contributed by atoms with Crippen LogP contribution >= 0.6 is 34.8 Å². The molecule has 2 aromatic heterocycles. The summed E-state index contributed by atoms with van der Waals surface area (Å²) in [5, 5.41) is 4.40. The van der Waals surface area contributed by atoms with Crippen LogP contribution in [0.1, 0.15) is 30.0 Å². The van der Waals surface area contributed by atoms with Gasteiger partial charge < -0.3 is 5.32 Å². The highest BCUT2D eigenvalue weighted by Gasteiger charge is 2.26. The van der Waals surface area contributed by atoms with Gasteiger partial charge in [0, 0.05) is 28.5 Å². The molecule has 5 nitrogen and oxygen atoms in total. The van der Waals surface area contributed by atoms with E-state index in [-0.39, 0.29) is 5.82 Å². The maximum Gasteiger partial charge on any atom is 0.289 e. The summed E-state index contributed by atoms with van der Waals surface area (Å²) in [6.07, 6.45) is 3.10. The number of nitrogens with zero attached hydrogens (tertiary/aromatic N) is 3. The first-order chi connectivity index (χ1) is 15.7. The molecule has 0 aliphatic rings. The zero-order valence-corrected chi connectivity index (χ0v) is 20.1. The zero-order chi connectivity index (χ0) is 23.6. The van der Waals surface area contributed by atoms with E-state index in [0.717, 1.165) is 5.56 Å². The monoisotopic (exact) mass is 496 g/mol. The molecule has 0 spiro atoms. The lowest BCUT2D eigenvalue weighted by atomic mass is 9.94. The molecule has 0 aliphatic carbocycles. The van der Waals surface area contributed by atoms with E-state index in [4.69, 9.17) is 34.8 Å². The molecule has 1 N–H and O–H groups in total. The quantitative estimate of drug-likeness (QED) is 0.328. The van der Waals surface area contributed by atoms with Crippen LogP contribution in [0.2, 0.25) is 15.1 Å². The second-order valence-corrected chi connectivity index (χ2v) is 9.17. The third-order valence-electron chi connectivity index (χ3n) is 5.10. The molecular weight excluding hydrogens is 479 g/mol. The predicted molar refractivity (Wildman–Crippen MR) is 133 cm³/mol. The Morgan fingerprint density at radius 3 is 2.24 bits per heavy atom. The largest absolute Gasteiger partial charge is 0.340 e. The summed E-state index contributed by atoms with van der Waals surface area (Å²) in [7, 11) is 0. The van der Waals surface area contributed by atoms with Gasteiger partial charge in [-0.2, -0.15) is 0 Å². The Morgan fingerprint density at radius 2 is 1.58 bits per heavy atom. The van der Waals surface area contributed by atoms with E-state index in [1.54, 1.807) is 36.5 Å². The number of rotatable bonds is 5. The van der Waals surface area contributed by atoms with E-state index >= 15 is 0 Å². The molecule has 0 aliphatic heterocycles. The van der Waals surface area contributed by atoms with Crippen molar-refractivity contribution in [1.29, 1.82) is 0 Å². The minimum Gasteiger partial charge on any atom is -0.340 e. The number of aromatic nitrogens is 3. The number of carbonyl (C=O) groups excluding carboxylic acids is 1. The maximum atomic E-state index is 13.1. The molecule has 0 fully saturated rings. The Balaban J connectivity index is 1.78. The van der Waals surface area contributed by atoms with Crippen LogP contribution in [0.3, 0.4) is 0 Å². The fourth-order valence-corrected chi connectivity index (χ4v) is 3.98. The fourth-order valence-electron chi connectivity index (χ4n) is 3.37. The highest BCUT2D eigenvalue weighted by molar-refractivity contribution is 6.36. The average Bonchev–Trinajstić information content (AvgIpc) is 2.80. The molecule has 33 heavy (non-hydrogen) atoms. The van der Waals surface area contributed by atoms with Gasteiger partial charge in [0.2, 0.25) is 5.82 Å². The minimum atomic E-state index is -0.629. The Labute approximate surface area is 206 Å². The summed E-state index contributed by atoms with van der Waals surface area (Å²) < 4.78 is 0. The first-order valence-electron chi connectivity index (χ1n) is 10.1. The van der Waals surface area contributed by atoms with Crippen LogP contribution in [-0.4, -0.2) is 20.9 Å². The Kier molecular flexibility index (Phi) is 6.66. The summed E-state index contributed by atoms with van der Waals surface area (Å²) in [5.74, 6) is -0.399. The average molecular weight is 498 g/mol. The molecule has 0 atom stereocenters. The van der Waals surface area contributed by atoms with Crippen molar-refractivity contribution in [2.75, 3.05) is 0 Å². The van der Waals surface area contributed by atoms with Gasteiger partial charge in [-0.25, -0.2) is 9.97 Å². The van der Waals surface area contributed by atoms with Crippen molar-refractivity contribution in [3.05, 3.63) is 99.5 Å². The van der Waals surface area contributed by atoms with Crippen LogP contribution in [0.15, 0.2) is 73.1 Å². The molecule has 4 rings (SSSR count). The van der Waals surface area contributed by atoms with Crippen molar-refractivity contribution in [2.24, 2.45) is 0 Å². The van der Waals surface area contributed by atoms with E-state index in [9.17, 15) is 4.79 Å². The lowest BCUT2D eigenvalue weighted by Gasteiger charge is -2.26. The predicted octanol–water partition coefficient (Wildman–Crippen LogP) is 6.83. The highest BCUT2D eigenvalue weighted by atomic mass is 35.5. The van der Waals surface area contributed by atoms with Crippen molar-refractivity contribution in [3.8, 4) is 22.5 Å². The zero-order valence-electron chi connectivity index (χ0n) is 17.8. The molecule has 0 bridgehead atoms. The second kappa shape index (κ2) is 9.48. The van der Waals surface area contributed by atoms with Gasteiger partial charge in [0.15, 0.2) is 0 Å². The van der Waals surface area contributed by atoms with Gasteiger partial charge in [-0.05, 0) is 49.7 Å². The van der Waals surface area contributed by atoms with Gasteiger partial charge in [0.25, 0.3) is 5.91 Å². The summed E-state index contributed by atoms with van der Waals surface area (Å²) >= 11 is 18.6. The number of hydrogen-bond donors (Lipinski definition) is 1. The van der Waals surface area contributed by atoms with Crippen molar-refractivity contribution >= 4 is 40.7 Å². The number of carbonyl (C=O) groups is 1. The Hall–Kier alpha value is -2.99. The van der Waals surface area contributed by atoms with Crippen LogP contribution in [0.25, 0.3) is 22.5 Å². The molecule has 0 saturated carbocycles. The van der Waals surface area contributed by atoms with Crippen molar-refractivity contribution in [1.82, 2.24) is 20.3 Å². The molecule has 0 radical (unpaired) electrons. The molecule has 2 heterocycles. The number of benzene rings is 2. The normalized spacial score (nSPS) is 11.3. The number of amides is 1. The van der Waals surface area contributed by atoms with Crippen LogP contribution < -0.4 is 5.32 Å². The Bertz CT molecular complexity index is 1310. The molecule has 2 aromatic carbocycles. The number of hydrogen-bond acceptors (Lipinski definition) is 4. The molecule has 1 amide bonds. The first kappa shape index (κ1) is 23.2. The third-order valence-corrected chi connectivity index (χ3v) is 5.87. The minimum absolute atomic E-state index is 0.0118. The highest BCUT2D eigenvalue weighted by Crippen LogP contribution is 2.35. The summed E-state index contributed by atoms with van der Waals surface area (Å²) in [4.78, 5) is 26.4. The number of halogens is 3. The lowest BCUT2D eigenvalue weighted by molar-refractivity contribution is 0.0901. The van der Waals surface area contributed by atoms with E-state index in [0.29, 0.717) is 37.6 Å². The van der Waals surface area contributed by atoms with Gasteiger partial charge in [-0.1, -0.05) is 65.1 Å². The SMILES string of the molecule is CC(C)(NC(=O)c1ncc(-c2ccc(Cl)cn2)c(-c2ccc(Cl)cc2Cl)n1)c1ccccc1. The smallest absolute Gasteiger partial charge is 0.289 e. The summed E-state index contributed by atoms with van der Waals surface area (Å²) in [6, 6.07) is 18.2. The lowest BCUT2D eigenvalue weighted by Crippen LogP contribution is -2.41. The number of pyridine rings is 1. The fraction of sp³-hybridized carbons (Fsp3) is 0.120. The van der Waals surface area contributed by atoms with Crippen LogP contribution in [0.4, 0.5) is 0 Å². The van der Waals surface area contributed by atoms with Crippen LogP contribution in [0.5, 0.6) is 0 Å². The van der Waals surface area contributed by atoms with Gasteiger partial charge in [-0.15, -0.1) is 0 Å². The van der Waals surface area contributed by atoms with Crippen molar-refractivity contribution in [2.45, 2.75) is 19.4 Å². The van der Waals surface area contributed by atoms with E-state index < -0.39 is 11.4 Å². The standard InChI is InChI=1S/C25H19Cl3N4O/c1-25(2,15-6-4-3-5-7-15)32-24(33)23-30-14-19(21-11-9-17(27)13-29-21)22(31-23)18-10-8-16(26)12-20(18)28/h3-14H,1-2H3,(H,32,33). The Morgan fingerprint density at radius 1 is 0.848 bits per heavy atom. The second-order valence-electron chi connectivity index (χ2n) is 7.89. The van der Waals surface area contributed by atoms with E-state index in [2.05, 4.69) is 20.3 Å². The third kappa shape index (κ3) is 5.17. The van der Waals surface area contributed by atoms with Crippen LogP contribution in [-0.2, 0) is 5.54 Å². The van der Waals surface area contributed by atoms with Gasteiger partial charge in [0.1, 0.15) is 0 Å². The molecule has 4 aromatic rings. The topological polar surface area (TPSA) is 67.8 Å². The molecule has 0 saturated heterocycles. The van der Waals surface area contributed by atoms with E-state index in [1.807, 2.05) is 44.2 Å². The van der Waals surface area contributed by atoms with Gasteiger partial charge >= 0.3 is 0 Å². The van der Waals surface area contributed by atoms with Crippen molar-refractivity contribution in [3.63, 3.8) is 0 Å². The number of nitrogens with one attached hydrogen (secondary N) is 1. The molecule has 8 heteroatoms. The van der Waals surface area contributed by atoms with Gasteiger partial charge in [0.05, 0.1) is 27.0 Å². The van der Waals surface area contributed by atoms with E-state index in [1.165, 1.54) is 6.20 Å². The summed E-state index contributed by atoms with van der Waals surface area (Å²) in [6.45, 7) is 3.84. The van der Waals surface area contributed by atoms with Gasteiger partial charge in [-0.3, -0.25) is 9.78 Å².